The van der Waals surface area contributed by atoms with Crippen LogP contribution in [0.1, 0.15) is 16.1 Å². The molecule has 0 atom stereocenters. The lowest BCUT2D eigenvalue weighted by molar-refractivity contribution is 0.0690. The average molecular weight is 207 g/mol. The molecule has 0 radical (unpaired) electrons. The number of rotatable bonds is 1. The molecule has 0 fully saturated rings. The Balaban J connectivity index is 3.30. The van der Waals surface area contributed by atoms with Crippen molar-refractivity contribution in [3.05, 3.63) is 28.5 Å². The second-order valence-corrected chi connectivity index (χ2v) is 2.58. The standard InChI is InChI=1S/C9H3ClN2O2/c10-7-4-3-6(2-1-5-11)8(12-7)9(13)14/h3-4H,(H,13,14). The van der Waals surface area contributed by atoms with Crippen molar-refractivity contribution in [3.63, 3.8) is 0 Å². The average Bonchev–Trinajstić information content (AvgIpc) is 2.15. The number of nitrogens with zero attached hydrogens (tertiary/aromatic N) is 2. The second kappa shape index (κ2) is 4.27. The number of carboxylic acid groups (broad SMARTS) is 1. The maximum Gasteiger partial charge on any atom is 0.355 e. The first-order valence-electron chi connectivity index (χ1n) is 3.45. The second-order valence-electron chi connectivity index (χ2n) is 2.20. The number of aromatic carboxylic acids is 1. The van der Waals surface area contributed by atoms with Gasteiger partial charge in [0, 0.05) is 5.92 Å². The summed E-state index contributed by atoms with van der Waals surface area (Å²) in [6.45, 7) is 0. The third-order valence-electron chi connectivity index (χ3n) is 1.32. The molecule has 0 amide bonds. The zero-order valence-corrected chi connectivity index (χ0v) is 7.54. The lowest BCUT2D eigenvalue weighted by atomic mass is 10.2. The predicted molar refractivity (Wildman–Crippen MR) is 48.7 cm³/mol. The number of hydrogen-bond acceptors (Lipinski definition) is 3. The van der Waals surface area contributed by atoms with Gasteiger partial charge in [-0.3, -0.25) is 0 Å². The first-order valence-corrected chi connectivity index (χ1v) is 3.83. The molecule has 1 rings (SSSR count). The molecule has 0 aliphatic rings. The van der Waals surface area contributed by atoms with E-state index in [0.717, 1.165) is 0 Å². The van der Waals surface area contributed by atoms with Gasteiger partial charge in [-0.2, -0.15) is 5.26 Å². The molecule has 1 heterocycles. The molecule has 0 bridgehead atoms. The van der Waals surface area contributed by atoms with E-state index in [1.807, 2.05) is 0 Å². The van der Waals surface area contributed by atoms with Crippen molar-refractivity contribution in [2.24, 2.45) is 0 Å². The van der Waals surface area contributed by atoms with Gasteiger partial charge in [0.05, 0.1) is 5.56 Å². The Morgan fingerprint density at radius 1 is 1.57 bits per heavy atom. The number of carbonyl (C=O) groups is 1. The highest BCUT2D eigenvalue weighted by Gasteiger charge is 2.10. The van der Waals surface area contributed by atoms with Crippen LogP contribution in [-0.2, 0) is 0 Å². The maximum atomic E-state index is 10.7. The van der Waals surface area contributed by atoms with Crippen LogP contribution in [-0.4, -0.2) is 16.1 Å². The van der Waals surface area contributed by atoms with Gasteiger partial charge in [-0.15, -0.1) is 0 Å². The minimum Gasteiger partial charge on any atom is -0.476 e. The fraction of sp³-hybridized carbons (Fsp3) is 0. The molecule has 0 unspecified atom stereocenters. The molecule has 1 aromatic heterocycles. The van der Waals surface area contributed by atoms with Crippen LogP contribution < -0.4 is 0 Å². The van der Waals surface area contributed by atoms with Crippen molar-refractivity contribution >= 4 is 17.6 Å². The summed E-state index contributed by atoms with van der Waals surface area (Å²) in [6, 6.07) is 4.40. The van der Waals surface area contributed by atoms with Gasteiger partial charge in [-0.05, 0) is 18.1 Å². The summed E-state index contributed by atoms with van der Waals surface area (Å²) in [5, 5.41) is 17.0. The highest BCUT2D eigenvalue weighted by atomic mass is 35.5. The van der Waals surface area contributed by atoms with Crippen LogP contribution in [0.15, 0.2) is 12.1 Å². The van der Waals surface area contributed by atoms with Gasteiger partial charge in [0.2, 0.25) is 0 Å². The van der Waals surface area contributed by atoms with Gasteiger partial charge >= 0.3 is 5.97 Å². The van der Waals surface area contributed by atoms with Crippen LogP contribution in [0.3, 0.4) is 0 Å². The van der Waals surface area contributed by atoms with E-state index >= 15 is 0 Å². The van der Waals surface area contributed by atoms with Gasteiger partial charge in [-0.1, -0.05) is 11.6 Å². The van der Waals surface area contributed by atoms with E-state index < -0.39 is 5.97 Å². The molecule has 0 spiro atoms. The Hall–Kier alpha value is -2.04. The smallest absolute Gasteiger partial charge is 0.355 e. The van der Waals surface area contributed by atoms with E-state index in [2.05, 4.69) is 16.8 Å². The maximum absolute atomic E-state index is 10.7. The molecule has 0 aromatic carbocycles. The molecule has 0 saturated carbocycles. The number of carboxylic acids is 1. The van der Waals surface area contributed by atoms with Crippen LogP contribution >= 0.6 is 11.6 Å². The lowest BCUT2D eigenvalue weighted by Crippen LogP contribution is -2.03. The minimum absolute atomic E-state index is 0.0740. The van der Waals surface area contributed by atoms with Crippen molar-refractivity contribution in [1.82, 2.24) is 4.98 Å². The zero-order valence-electron chi connectivity index (χ0n) is 6.78. The van der Waals surface area contributed by atoms with E-state index in [1.165, 1.54) is 12.1 Å². The van der Waals surface area contributed by atoms with Gasteiger partial charge in [-0.25, -0.2) is 9.78 Å². The first kappa shape index (κ1) is 10.0. The monoisotopic (exact) mass is 206 g/mol. The van der Waals surface area contributed by atoms with Gasteiger partial charge < -0.3 is 5.11 Å². The number of hydrogen-bond donors (Lipinski definition) is 1. The molecule has 0 aliphatic heterocycles. The highest BCUT2D eigenvalue weighted by molar-refractivity contribution is 6.29. The van der Waals surface area contributed by atoms with E-state index in [1.54, 1.807) is 6.07 Å². The van der Waals surface area contributed by atoms with Gasteiger partial charge in [0.25, 0.3) is 0 Å². The van der Waals surface area contributed by atoms with Crippen molar-refractivity contribution in [1.29, 1.82) is 5.26 Å². The Bertz CT molecular complexity index is 480. The Labute approximate surface area is 84.8 Å². The molecule has 4 nitrogen and oxygen atoms in total. The molecular weight excluding hydrogens is 204 g/mol. The summed E-state index contributed by atoms with van der Waals surface area (Å²) in [5.41, 5.74) is -0.0799. The summed E-state index contributed by atoms with van der Waals surface area (Å²) >= 11 is 5.51. The molecule has 0 saturated heterocycles. The molecule has 5 heteroatoms. The fourth-order valence-electron chi connectivity index (χ4n) is 0.795. The Kier molecular flexibility index (Phi) is 3.06. The normalized spacial score (nSPS) is 8.29. The van der Waals surface area contributed by atoms with Crippen molar-refractivity contribution in [2.45, 2.75) is 0 Å². The summed E-state index contributed by atoms with van der Waals surface area (Å²) in [4.78, 5) is 14.2. The van der Waals surface area contributed by atoms with Crippen LogP contribution in [0, 0.1) is 23.2 Å². The highest BCUT2D eigenvalue weighted by Crippen LogP contribution is 2.10. The number of nitriles is 1. The van der Waals surface area contributed by atoms with Crippen molar-refractivity contribution in [2.75, 3.05) is 0 Å². The summed E-state index contributed by atoms with van der Waals surface area (Å²) in [6.07, 6.45) is 0. The molecular formula is C9H3ClN2O2. The van der Waals surface area contributed by atoms with Crippen LogP contribution in [0.2, 0.25) is 5.15 Å². The minimum atomic E-state index is -1.23. The van der Waals surface area contributed by atoms with Gasteiger partial charge in [0.1, 0.15) is 5.15 Å². The van der Waals surface area contributed by atoms with Crippen LogP contribution in [0.4, 0.5) is 0 Å². The molecule has 1 N–H and O–H groups in total. The van der Waals surface area contributed by atoms with E-state index in [9.17, 15) is 4.79 Å². The summed E-state index contributed by atoms with van der Waals surface area (Å²) in [5.74, 6) is 3.22. The summed E-state index contributed by atoms with van der Waals surface area (Å²) < 4.78 is 0. The fourth-order valence-corrected chi connectivity index (χ4v) is 0.942. The van der Waals surface area contributed by atoms with E-state index in [4.69, 9.17) is 22.0 Å². The number of halogens is 1. The molecule has 68 valence electrons. The van der Waals surface area contributed by atoms with Crippen LogP contribution in [0.5, 0.6) is 0 Å². The van der Waals surface area contributed by atoms with Crippen molar-refractivity contribution < 1.29 is 9.90 Å². The molecule has 1 aromatic rings. The number of aromatic nitrogens is 1. The number of pyridine rings is 1. The largest absolute Gasteiger partial charge is 0.476 e. The molecule has 14 heavy (non-hydrogen) atoms. The van der Waals surface area contributed by atoms with Crippen LogP contribution in [0.25, 0.3) is 0 Å². The topological polar surface area (TPSA) is 74.0 Å². The third kappa shape index (κ3) is 2.22. The SMILES string of the molecule is N#CC#Cc1ccc(Cl)nc1C(=O)O. The zero-order chi connectivity index (χ0) is 10.6. The first-order chi connectivity index (χ1) is 6.65. The van der Waals surface area contributed by atoms with E-state index in [0.29, 0.717) is 0 Å². The lowest BCUT2D eigenvalue weighted by Gasteiger charge is -1.97. The quantitative estimate of drug-likeness (QED) is 0.555. The molecule has 0 aliphatic carbocycles. The summed E-state index contributed by atoms with van der Waals surface area (Å²) in [7, 11) is 0. The van der Waals surface area contributed by atoms with Crippen molar-refractivity contribution in [3.8, 4) is 17.9 Å². The predicted octanol–water partition coefficient (Wildman–Crippen LogP) is 1.31. The van der Waals surface area contributed by atoms with Gasteiger partial charge in [0.15, 0.2) is 11.8 Å². The Morgan fingerprint density at radius 3 is 2.86 bits per heavy atom. The van der Waals surface area contributed by atoms with E-state index in [-0.39, 0.29) is 16.4 Å². The Morgan fingerprint density at radius 2 is 2.29 bits per heavy atom. The third-order valence-corrected chi connectivity index (χ3v) is 1.53.